The van der Waals surface area contributed by atoms with Gasteiger partial charge in [0.2, 0.25) is 0 Å². The molecule has 6 nitrogen and oxygen atoms in total. The van der Waals surface area contributed by atoms with E-state index in [2.05, 4.69) is 39.6 Å². The molecule has 166 valence electrons. The smallest absolute Gasteiger partial charge is 0.253 e. The van der Waals surface area contributed by atoms with Crippen LogP contribution in [-0.2, 0) is 4.79 Å². The molecule has 0 fully saturated rings. The molecule has 0 aromatic heterocycles. The number of hydrogen-bond acceptors (Lipinski definition) is 5. The summed E-state index contributed by atoms with van der Waals surface area (Å²) in [4.78, 5) is 27.1. The molecule has 1 amide bonds. The number of hydrogen-bond donors (Lipinski definition) is 0. The van der Waals surface area contributed by atoms with Crippen molar-refractivity contribution in [3.8, 4) is 0 Å². The van der Waals surface area contributed by atoms with Crippen molar-refractivity contribution in [3.63, 3.8) is 0 Å². The standard InChI is InChI=1S/C24H31BrN4O2/c1-18-16-22(29(5)26-13-10-23(18)25)17-28(4)14-11-20(12-15-30)19-6-8-21(9-7-19)24(31)27(2)3/h6-10,13,15-16,20H,1,11-12,14,17H2,2-5H3/b22-16-,23-10+,26-13-. The van der Waals surface area contributed by atoms with E-state index in [9.17, 15) is 9.59 Å². The van der Waals surface area contributed by atoms with Crippen LogP contribution in [0.3, 0.4) is 0 Å². The number of rotatable bonds is 9. The summed E-state index contributed by atoms with van der Waals surface area (Å²) in [7, 11) is 7.45. The molecular formula is C24H31BrN4O2. The van der Waals surface area contributed by atoms with E-state index in [0.717, 1.165) is 40.6 Å². The lowest BCUT2D eigenvalue weighted by molar-refractivity contribution is -0.108. The molecular weight excluding hydrogens is 456 g/mol. The summed E-state index contributed by atoms with van der Waals surface area (Å²) in [5, 5.41) is 6.25. The number of amides is 1. The van der Waals surface area contributed by atoms with Gasteiger partial charge in [0, 0.05) is 50.4 Å². The van der Waals surface area contributed by atoms with Gasteiger partial charge in [-0.2, -0.15) is 5.10 Å². The molecule has 7 heteroatoms. The molecule has 1 aromatic rings. The molecule has 0 N–H and O–H groups in total. The van der Waals surface area contributed by atoms with Crippen molar-refractivity contribution in [2.75, 3.05) is 41.3 Å². The van der Waals surface area contributed by atoms with E-state index in [0.29, 0.717) is 18.5 Å². The third-order valence-corrected chi connectivity index (χ3v) is 6.00. The Labute approximate surface area is 193 Å². The minimum Gasteiger partial charge on any atom is -0.345 e. The number of likely N-dealkylation sites (N-methyl/N-ethyl adjacent to an activating group) is 2. The van der Waals surface area contributed by atoms with Gasteiger partial charge in [0.25, 0.3) is 5.91 Å². The highest BCUT2D eigenvalue weighted by atomic mass is 79.9. The third kappa shape index (κ3) is 7.29. The van der Waals surface area contributed by atoms with Gasteiger partial charge in [-0.05, 0) is 61.4 Å². The first-order chi connectivity index (χ1) is 14.7. The number of carbonyl (C=O) groups excluding carboxylic acids is 2. The molecule has 0 saturated carbocycles. The summed E-state index contributed by atoms with van der Waals surface area (Å²) in [6, 6.07) is 7.59. The van der Waals surface area contributed by atoms with Gasteiger partial charge >= 0.3 is 0 Å². The molecule has 0 bridgehead atoms. The second kappa shape index (κ2) is 11.8. The van der Waals surface area contributed by atoms with E-state index in [-0.39, 0.29) is 11.8 Å². The molecule has 0 radical (unpaired) electrons. The Balaban J connectivity index is 2.03. The van der Waals surface area contributed by atoms with Crippen molar-refractivity contribution in [3.05, 3.63) is 69.9 Å². The van der Waals surface area contributed by atoms with E-state index in [1.54, 1.807) is 25.2 Å². The molecule has 1 aliphatic heterocycles. The van der Waals surface area contributed by atoms with Gasteiger partial charge in [0.15, 0.2) is 0 Å². The molecule has 1 aliphatic rings. The third-order valence-electron chi connectivity index (χ3n) is 5.23. The molecule has 2 rings (SSSR count). The molecule has 0 aliphatic carbocycles. The lowest BCUT2D eigenvalue weighted by Crippen LogP contribution is -2.28. The Hall–Kier alpha value is -2.51. The monoisotopic (exact) mass is 486 g/mol. The zero-order chi connectivity index (χ0) is 23.0. The maximum Gasteiger partial charge on any atom is 0.253 e. The van der Waals surface area contributed by atoms with Gasteiger partial charge < -0.3 is 14.6 Å². The quantitative estimate of drug-likeness (QED) is 0.494. The van der Waals surface area contributed by atoms with Crippen molar-refractivity contribution >= 4 is 34.3 Å². The maximum absolute atomic E-state index is 12.1. The summed E-state index contributed by atoms with van der Waals surface area (Å²) >= 11 is 3.50. The summed E-state index contributed by atoms with van der Waals surface area (Å²) in [5.41, 5.74) is 3.65. The highest BCUT2D eigenvalue weighted by molar-refractivity contribution is 9.12. The zero-order valence-corrected chi connectivity index (χ0v) is 20.3. The lowest BCUT2D eigenvalue weighted by atomic mass is 9.92. The fourth-order valence-corrected chi connectivity index (χ4v) is 3.55. The first kappa shape index (κ1) is 24.8. The number of nitrogens with zero attached hydrogens (tertiary/aromatic N) is 4. The van der Waals surface area contributed by atoms with Crippen LogP contribution in [0.15, 0.2) is 63.9 Å². The van der Waals surface area contributed by atoms with E-state index >= 15 is 0 Å². The van der Waals surface area contributed by atoms with Crippen molar-refractivity contribution < 1.29 is 9.59 Å². The topological polar surface area (TPSA) is 56.2 Å². The van der Waals surface area contributed by atoms with Crippen LogP contribution in [0.25, 0.3) is 0 Å². The summed E-state index contributed by atoms with van der Waals surface area (Å²) in [6.07, 6.45) is 7.90. The van der Waals surface area contributed by atoms with Gasteiger partial charge in [0.05, 0.1) is 5.70 Å². The molecule has 1 heterocycles. The number of allylic oxidation sites excluding steroid dienone is 4. The molecule has 1 unspecified atom stereocenters. The molecule has 0 saturated heterocycles. The predicted octanol–water partition coefficient (Wildman–Crippen LogP) is 4.03. The number of benzene rings is 1. The van der Waals surface area contributed by atoms with Crippen LogP contribution in [0.2, 0.25) is 0 Å². The van der Waals surface area contributed by atoms with Crippen LogP contribution in [0, 0.1) is 0 Å². The fraction of sp³-hybridized carbons (Fsp3) is 0.375. The average Bonchev–Trinajstić information content (AvgIpc) is 2.74. The van der Waals surface area contributed by atoms with Crippen LogP contribution < -0.4 is 0 Å². The molecule has 31 heavy (non-hydrogen) atoms. The minimum absolute atomic E-state index is 0.0273. The van der Waals surface area contributed by atoms with Gasteiger partial charge in [-0.15, -0.1) is 0 Å². The predicted molar refractivity (Wildman–Crippen MR) is 130 cm³/mol. The zero-order valence-electron chi connectivity index (χ0n) is 18.7. The van der Waals surface area contributed by atoms with Crippen LogP contribution >= 0.6 is 15.9 Å². The molecule has 1 aromatic carbocycles. The van der Waals surface area contributed by atoms with Crippen molar-refractivity contribution in [1.82, 2.24) is 14.8 Å². The first-order valence-electron chi connectivity index (χ1n) is 10.2. The largest absolute Gasteiger partial charge is 0.345 e. The van der Waals surface area contributed by atoms with Crippen molar-refractivity contribution in [2.45, 2.75) is 18.8 Å². The number of carbonyl (C=O) groups is 2. The van der Waals surface area contributed by atoms with Crippen LogP contribution in [0.5, 0.6) is 0 Å². The number of halogens is 1. The second-order valence-corrected chi connectivity index (χ2v) is 8.77. The van der Waals surface area contributed by atoms with E-state index in [4.69, 9.17) is 0 Å². The number of hydrazone groups is 1. The Morgan fingerprint density at radius 2 is 1.94 bits per heavy atom. The van der Waals surface area contributed by atoms with Crippen LogP contribution in [0.1, 0.15) is 34.7 Å². The highest BCUT2D eigenvalue weighted by Crippen LogP contribution is 2.25. The highest BCUT2D eigenvalue weighted by Gasteiger charge is 2.16. The van der Waals surface area contributed by atoms with Crippen LogP contribution in [0.4, 0.5) is 0 Å². The Morgan fingerprint density at radius 3 is 2.55 bits per heavy atom. The van der Waals surface area contributed by atoms with Crippen LogP contribution in [-0.4, -0.2) is 74.5 Å². The Kier molecular flexibility index (Phi) is 9.40. The molecule has 1 atom stereocenters. The van der Waals surface area contributed by atoms with E-state index < -0.39 is 0 Å². The Bertz CT molecular complexity index is 887. The van der Waals surface area contributed by atoms with Gasteiger partial charge in [0.1, 0.15) is 6.29 Å². The molecule has 0 spiro atoms. The fourth-order valence-electron chi connectivity index (χ4n) is 3.32. The van der Waals surface area contributed by atoms with E-state index in [1.807, 2.05) is 48.5 Å². The Morgan fingerprint density at radius 1 is 1.26 bits per heavy atom. The summed E-state index contributed by atoms with van der Waals surface area (Å²) in [6.45, 7) is 5.61. The number of aldehydes is 1. The maximum atomic E-state index is 12.1. The normalized spacial score (nSPS) is 19.5. The average molecular weight is 487 g/mol. The van der Waals surface area contributed by atoms with Crippen molar-refractivity contribution in [2.24, 2.45) is 5.10 Å². The van der Waals surface area contributed by atoms with Gasteiger partial charge in [-0.1, -0.05) is 34.6 Å². The van der Waals surface area contributed by atoms with E-state index in [1.165, 1.54) is 0 Å². The lowest BCUT2D eigenvalue weighted by Gasteiger charge is -2.26. The second-order valence-electron chi connectivity index (χ2n) is 7.91. The minimum atomic E-state index is -0.0273. The summed E-state index contributed by atoms with van der Waals surface area (Å²) < 4.78 is 0.909. The van der Waals surface area contributed by atoms with Crippen molar-refractivity contribution in [1.29, 1.82) is 0 Å². The van der Waals surface area contributed by atoms with Gasteiger partial charge in [-0.25, -0.2) is 0 Å². The SMILES string of the molecule is C=C1/C=C(/CN(C)CCC(CC=O)c2ccc(C(=O)N(C)C)cc2)N(C)/N=C\C=C/1Br. The van der Waals surface area contributed by atoms with Gasteiger partial charge in [-0.3, -0.25) is 9.80 Å². The summed E-state index contributed by atoms with van der Waals surface area (Å²) in [5.74, 6) is 0.0816. The first-order valence-corrected chi connectivity index (χ1v) is 11.0.